The van der Waals surface area contributed by atoms with E-state index in [0.29, 0.717) is 10.0 Å². The molecule has 0 amide bonds. The molecular formula is C13H13BrFNO. The first-order valence-electron chi connectivity index (χ1n) is 5.58. The zero-order valence-electron chi connectivity index (χ0n) is 9.30. The molecule has 2 rings (SSSR count). The van der Waals surface area contributed by atoms with Crippen LogP contribution in [-0.4, -0.2) is 5.78 Å². The average molecular weight is 298 g/mol. The Hall–Kier alpha value is -1.16. The number of Topliss-reactive ketones (excluding diaryl/α,β-unsaturated/α-hetero) is 1. The maximum atomic E-state index is 13.2. The second-order valence-electron chi connectivity index (χ2n) is 4.16. The number of allylic oxidation sites excluding steroid dienone is 2. The number of carbonyl (C=O) groups is 1. The summed E-state index contributed by atoms with van der Waals surface area (Å²) >= 11 is 3.20. The monoisotopic (exact) mass is 297 g/mol. The predicted molar refractivity (Wildman–Crippen MR) is 69.4 cm³/mol. The molecule has 0 unspecified atom stereocenters. The van der Waals surface area contributed by atoms with Crippen LogP contribution in [0.15, 0.2) is 28.3 Å². The molecule has 4 heteroatoms. The van der Waals surface area contributed by atoms with E-state index >= 15 is 0 Å². The first-order valence-corrected chi connectivity index (χ1v) is 6.37. The maximum Gasteiger partial charge on any atom is 0.189 e. The second-order valence-corrected chi connectivity index (χ2v) is 5.01. The van der Waals surface area contributed by atoms with Gasteiger partial charge >= 0.3 is 0 Å². The number of nitrogen functional groups attached to an aromatic ring is 1. The van der Waals surface area contributed by atoms with Crippen LogP contribution in [0.1, 0.15) is 36.0 Å². The fourth-order valence-corrected chi connectivity index (χ4v) is 2.45. The van der Waals surface area contributed by atoms with Gasteiger partial charge in [-0.05, 0) is 59.3 Å². The number of rotatable bonds is 2. The number of nitrogens with two attached hydrogens (primary N) is 1. The van der Waals surface area contributed by atoms with Gasteiger partial charge in [0.1, 0.15) is 5.82 Å². The summed E-state index contributed by atoms with van der Waals surface area (Å²) in [4.78, 5) is 12.2. The quantitative estimate of drug-likeness (QED) is 0.665. The van der Waals surface area contributed by atoms with Crippen molar-refractivity contribution in [2.45, 2.75) is 25.7 Å². The molecule has 1 aliphatic carbocycles. The summed E-state index contributed by atoms with van der Waals surface area (Å²) in [7, 11) is 0. The molecule has 0 atom stereocenters. The minimum Gasteiger partial charge on any atom is -0.396 e. The molecule has 0 radical (unpaired) electrons. The van der Waals surface area contributed by atoms with E-state index in [-0.39, 0.29) is 11.5 Å². The molecule has 17 heavy (non-hydrogen) atoms. The van der Waals surface area contributed by atoms with E-state index in [1.807, 2.05) is 6.08 Å². The molecule has 1 aromatic carbocycles. The first kappa shape index (κ1) is 12.3. The molecule has 90 valence electrons. The highest BCUT2D eigenvalue weighted by molar-refractivity contribution is 9.10. The Balaban J connectivity index is 2.37. The fourth-order valence-electron chi connectivity index (χ4n) is 1.96. The molecule has 0 bridgehead atoms. The summed E-state index contributed by atoms with van der Waals surface area (Å²) in [5.41, 5.74) is 6.75. The van der Waals surface area contributed by atoms with Crippen LogP contribution in [0, 0.1) is 5.82 Å². The van der Waals surface area contributed by atoms with Crippen LogP contribution in [-0.2, 0) is 0 Å². The van der Waals surface area contributed by atoms with E-state index < -0.39 is 5.82 Å². The number of hydrogen-bond acceptors (Lipinski definition) is 2. The number of ketones is 1. The first-order chi connectivity index (χ1) is 8.09. The lowest BCUT2D eigenvalue weighted by Crippen LogP contribution is -2.08. The molecule has 0 fully saturated rings. The van der Waals surface area contributed by atoms with Gasteiger partial charge in [-0.3, -0.25) is 4.79 Å². The van der Waals surface area contributed by atoms with Gasteiger partial charge in [-0.1, -0.05) is 6.08 Å². The average Bonchev–Trinajstić information content (AvgIpc) is 2.34. The summed E-state index contributed by atoms with van der Waals surface area (Å²) in [6.07, 6.45) is 5.87. The normalized spacial score (nSPS) is 15.5. The van der Waals surface area contributed by atoms with E-state index in [1.54, 1.807) is 0 Å². The molecule has 0 saturated heterocycles. The Morgan fingerprint density at radius 2 is 2.12 bits per heavy atom. The van der Waals surface area contributed by atoms with E-state index in [9.17, 15) is 9.18 Å². The Kier molecular flexibility index (Phi) is 3.62. The van der Waals surface area contributed by atoms with Gasteiger partial charge in [0, 0.05) is 10.0 Å². The lowest BCUT2D eigenvalue weighted by Gasteiger charge is -2.13. The van der Waals surface area contributed by atoms with Crippen molar-refractivity contribution in [3.63, 3.8) is 0 Å². The smallest absolute Gasteiger partial charge is 0.189 e. The zero-order valence-corrected chi connectivity index (χ0v) is 10.9. The number of halogens is 2. The molecule has 1 aromatic rings. The van der Waals surface area contributed by atoms with Crippen LogP contribution in [0.3, 0.4) is 0 Å². The van der Waals surface area contributed by atoms with Gasteiger partial charge in [-0.15, -0.1) is 0 Å². The molecule has 0 heterocycles. The van der Waals surface area contributed by atoms with Gasteiger partial charge in [-0.25, -0.2) is 4.39 Å². The topological polar surface area (TPSA) is 43.1 Å². The summed E-state index contributed by atoms with van der Waals surface area (Å²) < 4.78 is 13.6. The van der Waals surface area contributed by atoms with Crippen molar-refractivity contribution in [2.75, 3.05) is 5.73 Å². The SMILES string of the molecule is Nc1cc(C(=O)C2=CCCCC2)c(Br)cc1F. The van der Waals surface area contributed by atoms with E-state index in [2.05, 4.69) is 15.9 Å². The Labute approximate surface area is 108 Å². The van der Waals surface area contributed by atoms with Gasteiger partial charge in [0.2, 0.25) is 0 Å². The highest BCUT2D eigenvalue weighted by Gasteiger charge is 2.18. The molecule has 0 spiro atoms. The van der Waals surface area contributed by atoms with Gasteiger partial charge < -0.3 is 5.73 Å². The molecule has 0 aromatic heterocycles. The molecule has 2 N–H and O–H groups in total. The highest BCUT2D eigenvalue weighted by Crippen LogP contribution is 2.28. The fraction of sp³-hybridized carbons (Fsp3) is 0.308. The van der Waals surface area contributed by atoms with Gasteiger partial charge in [0.05, 0.1) is 5.69 Å². The summed E-state index contributed by atoms with van der Waals surface area (Å²) in [5.74, 6) is -0.561. The van der Waals surface area contributed by atoms with Crippen molar-refractivity contribution in [3.05, 3.63) is 39.6 Å². The third-order valence-corrected chi connectivity index (χ3v) is 3.57. The maximum absolute atomic E-state index is 13.2. The Morgan fingerprint density at radius 1 is 1.35 bits per heavy atom. The minimum atomic E-state index is -0.508. The Bertz CT molecular complexity index is 496. The Morgan fingerprint density at radius 3 is 2.76 bits per heavy atom. The van der Waals surface area contributed by atoms with Crippen LogP contribution in [0.4, 0.5) is 10.1 Å². The lowest BCUT2D eigenvalue weighted by molar-refractivity contribution is 0.102. The number of anilines is 1. The van der Waals surface area contributed by atoms with Crippen LogP contribution >= 0.6 is 15.9 Å². The van der Waals surface area contributed by atoms with Crippen molar-refractivity contribution < 1.29 is 9.18 Å². The lowest BCUT2D eigenvalue weighted by atomic mass is 9.93. The summed E-state index contributed by atoms with van der Waals surface area (Å²) in [6, 6.07) is 2.64. The highest BCUT2D eigenvalue weighted by atomic mass is 79.9. The minimum absolute atomic E-state index is 0.00737. The van der Waals surface area contributed by atoms with Crippen molar-refractivity contribution >= 4 is 27.4 Å². The largest absolute Gasteiger partial charge is 0.396 e. The standard InChI is InChI=1S/C13H13BrFNO/c14-10-7-11(15)12(16)6-9(10)13(17)8-4-2-1-3-5-8/h4,6-7H,1-3,5,16H2. The van der Waals surface area contributed by atoms with Crippen LogP contribution in [0.5, 0.6) is 0 Å². The van der Waals surface area contributed by atoms with Gasteiger partial charge in [-0.2, -0.15) is 0 Å². The second kappa shape index (κ2) is 5.00. The van der Waals surface area contributed by atoms with Crippen molar-refractivity contribution in [3.8, 4) is 0 Å². The third kappa shape index (κ3) is 2.57. The van der Waals surface area contributed by atoms with Crippen LogP contribution < -0.4 is 5.73 Å². The molecular weight excluding hydrogens is 285 g/mol. The van der Waals surface area contributed by atoms with E-state index in [4.69, 9.17) is 5.73 Å². The predicted octanol–water partition coefficient (Wildman–Crippen LogP) is 3.85. The molecule has 1 aliphatic rings. The molecule has 0 aliphatic heterocycles. The summed E-state index contributed by atoms with van der Waals surface area (Å²) in [6.45, 7) is 0. The van der Waals surface area contributed by atoms with Crippen molar-refractivity contribution in [1.82, 2.24) is 0 Å². The molecule has 0 saturated carbocycles. The summed E-state index contributed by atoms with van der Waals surface area (Å²) in [5, 5.41) is 0. The van der Waals surface area contributed by atoms with E-state index in [1.165, 1.54) is 12.1 Å². The zero-order chi connectivity index (χ0) is 12.4. The number of benzene rings is 1. The van der Waals surface area contributed by atoms with Gasteiger partial charge in [0.15, 0.2) is 5.78 Å². The van der Waals surface area contributed by atoms with Crippen molar-refractivity contribution in [1.29, 1.82) is 0 Å². The molecule has 2 nitrogen and oxygen atoms in total. The van der Waals surface area contributed by atoms with E-state index in [0.717, 1.165) is 31.3 Å². The third-order valence-electron chi connectivity index (χ3n) is 2.91. The van der Waals surface area contributed by atoms with Gasteiger partial charge in [0.25, 0.3) is 0 Å². The van der Waals surface area contributed by atoms with Crippen LogP contribution in [0.25, 0.3) is 0 Å². The number of carbonyl (C=O) groups excluding carboxylic acids is 1. The number of hydrogen-bond donors (Lipinski definition) is 1. The van der Waals surface area contributed by atoms with Crippen LogP contribution in [0.2, 0.25) is 0 Å². The van der Waals surface area contributed by atoms with Crippen molar-refractivity contribution in [2.24, 2.45) is 0 Å².